The van der Waals surface area contributed by atoms with Crippen molar-refractivity contribution in [2.75, 3.05) is 45.1 Å². The minimum atomic E-state index is -0.175. The molecule has 1 atom stereocenters. The van der Waals surface area contributed by atoms with Crippen LogP contribution < -0.4 is 5.32 Å². The lowest BCUT2D eigenvalue weighted by molar-refractivity contribution is 0.209. The molecule has 2 rings (SSSR count). The van der Waals surface area contributed by atoms with E-state index in [9.17, 15) is 4.39 Å². The molecule has 106 valence electrons. The molecule has 1 saturated heterocycles. The average molecular weight is 265 g/mol. The fraction of sp³-hybridized carbons (Fsp3) is 0.600. The van der Waals surface area contributed by atoms with Crippen LogP contribution in [0.3, 0.4) is 0 Å². The molecule has 1 aliphatic heterocycles. The summed E-state index contributed by atoms with van der Waals surface area (Å²) in [6.45, 7) is 7.43. The summed E-state index contributed by atoms with van der Waals surface area (Å²) in [5.74, 6) is -0.175. The van der Waals surface area contributed by atoms with E-state index in [1.165, 1.54) is 19.0 Å². The third kappa shape index (κ3) is 4.18. The maximum absolute atomic E-state index is 13.5. The molecule has 0 aliphatic carbocycles. The first-order valence-electron chi connectivity index (χ1n) is 7.08. The van der Waals surface area contributed by atoms with Crippen LogP contribution in [0.15, 0.2) is 24.3 Å². The van der Waals surface area contributed by atoms with Crippen LogP contribution in [0.1, 0.15) is 13.3 Å². The van der Waals surface area contributed by atoms with E-state index in [0.29, 0.717) is 11.7 Å². The number of halogens is 1. The normalized spacial score (nSPS) is 22.2. The highest BCUT2D eigenvalue weighted by atomic mass is 19.1. The molecule has 1 unspecified atom stereocenters. The topological polar surface area (TPSA) is 18.5 Å². The highest BCUT2D eigenvalue weighted by molar-refractivity contribution is 5.44. The van der Waals surface area contributed by atoms with E-state index in [0.717, 1.165) is 26.2 Å². The van der Waals surface area contributed by atoms with Gasteiger partial charge in [0.15, 0.2) is 0 Å². The largest absolute Gasteiger partial charge is 0.381 e. The van der Waals surface area contributed by atoms with Crippen LogP contribution in [0.25, 0.3) is 0 Å². The number of anilines is 1. The van der Waals surface area contributed by atoms with Crippen molar-refractivity contribution in [1.82, 2.24) is 9.80 Å². The first-order valence-corrected chi connectivity index (χ1v) is 7.08. The number of nitrogens with one attached hydrogen (secondary N) is 1. The Kier molecular flexibility index (Phi) is 5.16. The molecule has 1 aromatic rings. The van der Waals surface area contributed by atoms with Gasteiger partial charge in [-0.05, 0) is 45.6 Å². The molecule has 1 N–H and O–H groups in total. The molecule has 0 radical (unpaired) electrons. The van der Waals surface area contributed by atoms with Gasteiger partial charge in [-0.25, -0.2) is 4.39 Å². The van der Waals surface area contributed by atoms with E-state index in [4.69, 9.17) is 0 Å². The highest BCUT2D eigenvalue weighted by Crippen LogP contribution is 2.12. The predicted octanol–water partition coefficient (Wildman–Crippen LogP) is 2.26. The zero-order valence-corrected chi connectivity index (χ0v) is 11.9. The Morgan fingerprint density at radius 1 is 1.32 bits per heavy atom. The van der Waals surface area contributed by atoms with Crippen molar-refractivity contribution < 1.29 is 4.39 Å². The number of hydrogen-bond donors (Lipinski definition) is 1. The van der Waals surface area contributed by atoms with Gasteiger partial charge in [0.05, 0.1) is 5.69 Å². The van der Waals surface area contributed by atoms with Crippen molar-refractivity contribution in [3.8, 4) is 0 Å². The molecule has 1 fully saturated rings. The Balaban J connectivity index is 1.80. The van der Waals surface area contributed by atoms with E-state index in [1.54, 1.807) is 12.1 Å². The zero-order chi connectivity index (χ0) is 13.7. The molecule has 0 amide bonds. The molecular formula is C15H24FN3. The molecule has 1 heterocycles. The van der Waals surface area contributed by atoms with E-state index < -0.39 is 0 Å². The lowest BCUT2D eigenvalue weighted by Crippen LogP contribution is -2.40. The fourth-order valence-electron chi connectivity index (χ4n) is 2.69. The van der Waals surface area contributed by atoms with E-state index >= 15 is 0 Å². The first kappa shape index (κ1) is 14.3. The summed E-state index contributed by atoms with van der Waals surface area (Å²) < 4.78 is 13.5. The van der Waals surface area contributed by atoms with E-state index in [2.05, 4.69) is 29.1 Å². The Labute approximate surface area is 115 Å². The first-order chi connectivity index (χ1) is 9.16. The van der Waals surface area contributed by atoms with Crippen molar-refractivity contribution in [2.45, 2.75) is 19.4 Å². The van der Waals surface area contributed by atoms with Crippen molar-refractivity contribution in [2.24, 2.45) is 0 Å². The molecule has 0 saturated carbocycles. The second-order valence-corrected chi connectivity index (χ2v) is 5.41. The van der Waals surface area contributed by atoms with Gasteiger partial charge < -0.3 is 10.2 Å². The predicted molar refractivity (Wildman–Crippen MR) is 78.0 cm³/mol. The summed E-state index contributed by atoms with van der Waals surface area (Å²) in [4.78, 5) is 4.87. The van der Waals surface area contributed by atoms with Crippen molar-refractivity contribution in [1.29, 1.82) is 0 Å². The average Bonchev–Trinajstić information content (AvgIpc) is 2.53. The Morgan fingerprint density at radius 3 is 2.89 bits per heavy atom. The summed E-state index contributed by atoms with van der Waals surface area (Å²) in [5.41, 5.74) is 0.599. The number of rotatable bonds is 4. The SMILES string of the molecule is CC1CN(C)CCCN1CCNc1ccccc1F. The van der Waals surface area contributed by atoms with Crippen LogP contribution in [0.2, 0.25) is 0 Å². The number of nitrogens with zero attached hydrogens (tertiary/aromatic N) is 2. The lowest BCUT2D eigenvalue weighted by atomic mass is 10.2. The van der Waals surface area contributed by atoms with Crippen LogP contribution in [0, 0.1) is 5.82 Å². The number of para-hydroxylation sites is 1. The van der Waals surface area contributed by atoms with Gasteiger partial charge in [-0.15, -0.1) is 0 Å². The van der Waals surface area contributed by atoms with Gasteiger partial charge in [0, 0.05) is 25.7 Å². The quantitative estimate of drug-likeness (QED) is 0.901. The van der Waals surface area contributed by atoms with Crippen LogP contribution in [0.4, 0.5) is 10.1 Å². The molecule has 19 heavy (non-hydrogen) atoms. The molecule has 1 aromatic carbocycles. The van der Waals surface area contributed by atoms with Crippen LogP contribution in [0.5, 0.6) is 0 Å². The van der Waals surface area contributed by atoms with Gasteiger partial charge in [0.25, 0.3) is 0 Å². The second kappa shape index (κ2) is 6.87. The van der Waals surface area contributed by atoms with E-state index in [1.807, 2.05) is 6.07 Å². The highest BCUT2D eigenvalue weighted by Gasteiger charge is 2.18. The maximum atomic E-state index is 13.5. The maximum Gasteiger partial charge on any atom is 0.146 e. The van der Waals surface area contributed by atoms with E-state index in [-0.39, 0.29) is 5.82 Å². The summed E-state index contributed by atoms with van der Waals surface area (Å²) in [6.07, 6.45) is 1.21. The summed E-state index contributed by atoms with van der Waals surface area (Å²) in [7, 11) is 2.18. The standard InChI is InChI=1S/C15H24FN3/c1-13-12-18(2)9-5-10-19(13)11-8-17-15-7-4-3-6-14(15)16/h3-4,6-7,13,17H,5,8-12H2,1-2H3. The number of likely N-dealkylation sites (N-methyl/N-ethyl adjacent to an activating group) is 1. The monoisotopic (exact) mass is 265 g/mol. The van der Waals surface area contributed by atoms with Gasteiger partial charge >= 0.3 is 0 Å². The molecule has 1 aliphatic rings. The summed E-state index contributed by atoms with van der Waals surface area (Å²) in [5, 5.41) is 3.18. The van der Waals surface area contributed by atoms with Gasteiger partial charge in [-0.2, -0.15) is 0 Å². The Bertz CT molecular complexity index is 397. The fourth-order valence-corrected chi connectivity index (χ4v) is 2.69. The van der Waals surface area contributed by atoms with Crippen molar-refractivity contribution in [3.05, 3.63) is 30.1 Å². The minimum Gasteiger partial charge on any atom is -0.381 e. The second-order valence-electron chi connectivity index (χ2n) is 5.41. The Morgan fingerprint density at radius 2 is 2.11 bits per heavy atom. The molecule has 0 spiro atoms. The number of benzene rings is 1. The molecule has 0 aromatic heterocycles. The van der Waals surface area contributed by atoms with Crippen molar-refractivity contribution in [3.63, 3.8) is 0 Å². The van der Waals surface area contributed by atoms with Gasteiger partial charge in [-0.1, -0.05) is 12.1 Å². The molecule has 3 nitrogen and oxygen atoms in total. The third-order valence-electron chi connectivity index (χ3n) is 3.77. The molecular weight excluding hydrogens is 241 g/mol. The number of hydrogen-bond acceptors (Lipinski definition) is 3. The Hall–Kier alpha value is -1.13. The summed E-state index contributed by atoms with van der Waals surface area (Å²) in [6, 6.07) is 7.41. The minimum absolute atomic E-state index is 0.175. The summed E-state index contributed by atoms with van der Waals surface area (Å²) >= 11 is 0. The van der Waals surface area contributed by atoms with Crippen LogP contribution in [-0.4, -0.2) is 55.6 Å². The van der Waals surface area contributed by atoms with Crippen LogP contribution in [-0.2, 0) is 0 Å². The smallest absolute Gasteiger partial charge is 0.146 e. The van der Waals surface area contributed by atoms with Gasteiger partial charge in [0.1, 0.15) is 5.82 Å². The lowest BCUT2D eigenvalue weighted by Gasteiger charge is -2.28. The van der Waals surface area contributed by atoms with Crippen LogP contribution >= 0.6 is 0 Å². The zero-order valence-electron chi connectivity index (χ0n) is 11.9. The van der Waals surface area contributed by atoms with Gasteiger partial charge in [-0.3, -0.25) is 4.90 Å². The van der Waals surface area contributed by atoms with Crippen molar-refractivity contribution >= 4 is 5.69 Å². The molecule has 4 heteroatoms. The van der Waals surface area contributed by atoms with Gasteiger partial charge in [0.2, 0.25) is 0 Å². The molecule has 0 bridgehead atoms. The third-order valence-corrected chi connectivity index (χ3v) is 3.77.